The minimum atomic E-state index is -1.24. The van der Waals surface area contributed by atoms with Gasteiger partial charge in [0.1, 0.15) is 5.82 Å². The van der Waals surface area contributed by atoms with Crippen molar-refractivity contribution in [2.45, 2.75) is 6.04 Å². The van der Waals surface area contributed by atoms with Crippen molar-refractivity contribution in [3.63, 3.8) is 0 Å². The first kappa shape index (κ1) is 13.7. The van der Waals surface area contributed by atoms with E-state index < -0.39 is 23.7 Å². The average molecular weight is 277 g/mol. The highest BCUT2D eigenvalue weighted by molar-refractivity contribution is 5.96. The Bertz CT molecular complexity index is 654. The topological polar surface area (TPSA) is 84.2 Å². The molecule has 0 radical (unpaired) electrons. The summed E-state index contributed by atoms with van der Waals surface area (Å²) in [6.07, 6.45) is 2.84. The second-order valence-corrected chi connectivity index (χ2v) is 4.20. The quantitative estimate of drug-likeness (QED) is 0.877. The van der Waals surface area contributed by atoms with Crippen molar-refractivity contribution in [2.75, 3.05) is 0 Å². The van der Waals surface area contributed by atoms with Gasteiger partial charge in [0.05, 0.1) is 6.20 Å². The summed E-state index contributed by atoms with van der Waals surface area (Å²) in [5.74, 6) is -2.45. The summed E-state index contributed by atoms with van der Waals surface area (Å²) in [6, 6.07) is 3.79. The first-order valence-electron chi connectivity index (χ1n) is 5.75. The van der Waals surface area contributed by atoms with Gasteiger partial charge in [-0.1, -0.05) is 6.07 Å². The maximum Gasteiger partial charge on any atom is 0.331 e. The van der Waals surface area contributed by atoms with E-state index >= 15 is 0 Å². The molecular formula is C13H12FN3O3. The van der Waals surface area contributed by atoms with Gasteiger partial charge in [0.2, 0.25) is 0 Å². The third-order valence-corrected chi connectivity index (χ3v) is 2.67. The zero-order chi connectivity index (χ0) is 14.7. The molecule has 1 unspecified atom stereocenters. The van der Waals surface area contributed by atoms with E-state index in [4.69, 9.17) is 5.11 Å². The van der Waals surface area contributed by atoms with Crippen molar-refractivity contribution >= 4 is 11.9 Å². The highest BCUT2D eigenvalue weighted by atomic mass is 19.1. The normalized spacial score (nSPS) is 11.9. The molecule has 0 aliphatic rings. The molecule has 1 heterocycles. The smallest absolute Gasteiger partial charge is 0.331 e. The molecule has 2 aromatic rings. The molecule has 0 saturated carbocycles. The second kappa shape index (κ2) is 5.52. The minimum absolute atomic E-state index is 0.0557. The number of nitrogens with zero attached hydrogens (tertiary/aromatic N) is 2. The van der Waals surface area contributed by atoms with Crippen LogP contribution in [0.15, 0.2) is 36.7 Å². The summed E-state index contributed by atoms with van der Waals surface area (Å²) in [4.78, 5) is 23.1. The predicted octanol–water partition coefficient (Wildman–Crippen LogP) is 1.11. The molecule has 1 atom stereocenters. The van der Waals surface area contributed by atoms with Gasteiger partial charge >= 0.3 is 5.97 Å². The third-order valence-electron chi connectivity index (χ3n) is 2.67. The molecule has 0 aliphatic carbocycles. The molecule has 2 rings (SSSR count). The van der Waals surface area contributed by atoms with Gasteiger partial charge in [0.15, 0.2) is 6.04 Å². The molecule has 0 saturated heterocycles. The molecule has 2 N–H and O–H groups in total. The molecule has 104 valence electrons. The molecule has 20 heavy (non-hydrogen) atoms. The standard InChI is InChI=1S/C13H12FN3O3/c1-17-7-9(6-15-17)11(13(19)20)16-12(18)8-3-2-4-10(14)5-8/h2-7,11H,1H3,(H,16,18)(H,19,20). The largest absolute Gasteiger partial charge is 0.479 e. The summed E-state index contributed by atoms with van der Waals surface area (Å²) in [5.41, 5.74) is 0.393. The molecule has 1 aromatic carbocycles. The van der Waals surface area contributed by atoms with Gasteiger partial charge in [0, 0.05) is 24.4 Å². The van der Waals surface area contributed by atoms with Gasteiger partial charge in [-0.15, -0.1) is 0 Å². The molecule has 6 nitrogen and oxygen atoms in total. The number of hydrogen-bond donors (Lipinski definition) is 2. The van der Waals surface area contributed by atoms with Crippen LogP contribution in [0, 0.1) is 5.82 Å². The molecule has 0 fully saturated rings. The maximum atomic E-state index is 13.0. The summed E-state index contributed by atoms with van der Waals surface area (Å²) in [5, 5.41) is 15.3. The number of carboxylic acids is 1. The fourth-order valence-electron chi connectivity index (χ4n) is 1.72. The Kier molecular flexibility index (Phi) is 3.79. The van der Waals surface area contributed by atoms with Crippen LogP contribution >= 0.6 is 0 Å². The number of amides is 1. The van der Waals surface area contributed by atoms with Crippen LogP contribution in [-0.4, -0.2) is 26.8 Å². The molecule has 0 spiro atoms. The van der Waals surface area contributed by atoms with Crippen LogP contribution in [-0.2, 0) is 11.8 Å². The van der Waals surface area contributed by atoms with Crippen LogP contribution in [0.25, 0.3) is 0 Å². The molecular weight excluding hydrogens is 265 g/mol. The van der Waals surface area contributed by atoms with E-state index in [1.54, 1.807) is 7.05 Å². The van der Waals surface area contributed by atoms with Gasteiger partial charge < -0.3 is 10.4 Å². The zero-order valence-corrected chi connectivity index (χ0v) is 10.6. The van der Waals surface area contributed by atoms with Crippen molar-refractivity contribution < 1.29 is 19.1 Å². The Morgan fingerprint density at radius 1 is 1.45 bits per heavy atom. The van der Waals surface area contributed by atoms with E-state index in [1.807, 2.05) is 0 Å². The van der Waals surface area contributed by atoms with Crippen molar-refractivity contribution in [3.05, 3.63) is 53.6 Å². The van der Waals surface area contributed by atoms with Gasteiger partial charge in [-0.05, 0) is 18.2 Å². The van der Waals surface area contributed by atoms with Crippen molar-refractivity contribution in [2.24, 2.45) is 7.05 Å². The van der Waals surface area contributed by atoms with E-state index in [2.05, 4.69) is 10.4 Å². The minimum Gasteiger partial charge on any atom is -0.479 e. The first-order chi connectivity index (χ1) is 9.47. The van der Waals surface area contributed by atoms with Gasteiger partial charge in [0.25, 0.3) is 5.91 Å². The van der Waals surface area contributed by atoms with Crippen LogP contribution < -0.4 is 5.32 Å². The lowest BCUT2D eigenvalue weighted by atomic mass is 10.1. The molecule has 0 bridgehead atoms. The van der Waals surface area contributed by atoms with E-state index in [0.29, 0.717) is 5.56 Å². The van der Waals surface area contributed by atoms with E-state index in [1.165, 1.54) is 35.3 Å². The van der Waals surface area contributed by atoms with Gasteiger partial charge in [-0.25, -0.2) is 9.18 Å². The number of aromatic nitrogens is 2. The number of hydrogen-bond acceptors (Lipinski definition) is 3. The second-order valence-electron chi connectivity index (χ2n) is 4.20. The Labute approximate surface area is 113 Å². The SMILES string of the molecule is Cn1cc(C(NC(=O)c2cccc(F)c2)C(=O)O)cn1. The highest BCUT2D eigenvalue weighted by Gasteiger charge is 2.24. The summed E-state index contributed by atoms with van der Waals surface area (Å²) >= 11 is 0. The lowest BCUT2D eigenvalue weighted by molar-refractivity contribution is -0.139. The molecule has 1 amide bonds. The fraction of sp³-hybridized carbons (Fsp3) is 0.154. The monoisotopic (exact) mass is 277 g/mol. The Balaban J connectivity index is 2.21. The Hall–Kier alpha value is -2.70. The third kappa shape index (κ3) is 3.00. The predicted molar refractivity (Wildman–Crippen MR) is 67.5 cm³/mol. The van der Waals surface area contributed by atoms with Crippen LogP contribution in [0.3, 0.4) is 0 Å². The van der Waals surface area contributed by atoms with E-state index in [9.17, 15) is 14.0 Å². The first-order valence-corrected chi connectivity index (χ1v) is 5.75. The number of carbonyl (C=O) groups is 2. The van der Waals surface area contributed by atoms with Crippen molar-refractivity contribution in [3.8, 4) is 0 Å². The van der Waals surface area contributed by atoms with Crippen LogP contribution in [0.2, 0.25) is 0 Å². The number of halogens is 1. The lowest BCUT2D eigenvalue weighted by Crippen LogP contribution is -2.33. The van der Waals surface area contributed by atoms with Crippen molar-refractivity contribution in [1.82, 2.24) is 15.1 Å². The van der Waals surface area contributed by atoms with Crippen molar-refractivity contribution in [1.29, 1.82) is 0 Å². The van der Waals surface area contributed by atoms with E-state index in [0.717, 1.165) is 6.07 Å². The fourth-order valence-corrected chi connectivity index (χ4v) is 1.72. The number of aliphatic carboxylic acids is 1. The van der Waals surface area contributed by atoms with Crippen LogP contribution in [0.4, 0.5) is 4.39 Å². The Morgan fingerprint density at radius 2 is 2.20 bits per heavy atom. The van der Waals surface area contributed by atoms with Crippen LogP contribution in [0.1, 0.15) is 22.0 Å². The summed E-state index contributed by atoms with van der Waals surface area (Å²) in [7, 11) is 1.64. The highest BCUT2D eigenvalue weighted by Crippen LogP contribution is 2.13. The molecule has 7 heteroatoms. The maximum absolute atomic E-state index is 13.0. The molecule has 1 aromatic heterocycles. The molecule has 0 aliphatic heterocycles. The van der Waals surface area contributed by atoms with E-state index in [-0.39, 0.29) is 5.56 Å². The number of carboxylic acid groups (broad SMARTS) is 1. The summed E-state index contributed by atoms with van der Waals surface area (Å²) in [6.45, 7) is 0. The van der Waals surface area contributed by atoms with Gasteiger partial charge in [-0.2, -0.15) is 5.10 Å². The lowest BCUT2D eigenvalue weighted by Gasteiger charge is -2.12. The van der Waals surface area contributed by atoms with Crippen LogP contribution in [0.5, 0.6) is 0 Å². The average Bonchev–Trinajstić information content (AvgIpc) is 2.81. The summed E-state index contributed by atoms with van der Waals surface area (Å²) < 4.78 is 14.5. The number of rotatable bonds is 4. The number of aryl methyl sites for hydroxylation is 1. The zero-order valence-electron chi connectivity index (χ0n) is 10.6. The Morgan fingerprint density at radius 3 is 2.75 bits per heavy atom. The number of carbonyl (C=O) groups excluding carboxylic acids is 1. The van der Waals surface area contributed by atoms with Gasteiger partial charge in [-0.3, -0.25) is 9.48 Å². The number of benzene rings is 1. The number of nitrogens with one attached hydrogen (secondary N) is 1.